The largest absolute Gasteiger partial charge is 0.378 e. The van der Waals surface area contributed by atoms with Gasteiger partial charge < -0.3 is 4.74 Å². The fourth-order valence-electron chi connectivity index (χ4n) is 1.81. The van der Waals surface area contributed by atoms with E-state index in [0.29, 0.717) is 17.0 Å². The van der Waals surface area contributed by atoms with Crippen molar-refractivity contribution in [3.05, 3.63) is 34.9 Å². The Hall–Kier alpha value is -0.860. The molecule has 15 heavy (non-hydrogen) atoms. The second-order valence-electron chi connectivity index (χ2n) is 3.74. The molecule has 0 bridgehead atoms. The average molecular weight is 225 g/mol. The van der Waals surface area contributed by atoms with Crippen molar-refractivity contribution in [2.45, 2.75) is 25.4 Å². The molecule has 0 aromatic heterocycles. The topological polar surface area (TPSA) is 26.3 Å². The summed E-state index contributed by atoms with van der Waals surface area (Å²) in [5, 5.41) is 0.528. The summed E-state index contributed by atoms with van der Waals surface area (Å²) in [6, 6.07) is 7.16. The first-order valence-corrected chi connectivity index (χ1v) is 5.54. The second-order valence-corrected chi connectivity index (χ2v) is 4.15. The number of benzene rings is 1. The van der Waals surface area contributed by atoms with Crippen molar-refractivity contribution in [1.82, 2.24) is 0 Å². The minimum Gasteiger partial charge on any atom is -0.378 e. The van der Waals surface area contributed by atoms with Crippen LogP contribution in [0.3, 0.4) is 0 Å². The van der Waals surface area contributed by atoms with Gasteiger partial charge in [0.05, 0.1) is 11.1 Å². The molecular weight excluding hydrogens is 212 g/mol. The first-order chi connectivity index (χ1) is 7.27. The lowest BCUT2D eigenvalue weighted by molar-refractivity contribution is 0.0776. The molecule has 0 amide bonds. The molecule has 0 radical (unpaired) electrons. The van der Waals surface area contributed by atoms with E-state index in [1.54, 1.807) is 12.1 Å². The predicted molar refractivity (Wildman–Crippen MR) is 59.4 cm³/mol. The van der Waals surface area contributed by atoms with Gasteiger partial charge >= 0.3 is 0 Å². The molecule has 0 N–H and O–H groups in total. The van der Waals surface area contributed by atoms with E-state index in [-0.39, 0.29) is 11.9 Å². The molecule has 0 saturated carbocycles. The summed E-state index contributed by atoms with van der Waals surface area (Å²) in [5.74, 6) is 0.0764. The Morgan fingerprint density at radius 2 is 2.27 bits per heavy atom. The van der Waals surface area contributed by atoms with Crippen LogP contribution in [0.2, 0.25) is 5.02 Å². The van der Waals surface area contributed by atoms with Gasteiger partial charge in [0.1, 0.15) is 0 Å². The molecule has 1 heterocycles. The maximum absolute atomic E-state index is 11.9. The summed E-state index contributed by atoms with van der Waals surface area (Å²) < 4.78 is 5.42. The van der Waals surface area contributed by atoms with Crippen molar-refractivity contribution >= 4 is 17.4 Å². The molecule has 3 heteroatoms. The maximum atomic E-state index is 11.9. The SMILES string of the molecule is O=C(CC1CCCO1)c1ccccc1Cl. The summed E-state index contributed by atoms with van der Waals surface area (Å²) in [6.45, 7) is 0.778. The quantitative estimate of drug-likeness (QED) is 0.738. The Morgan fingerprint density at radius 1 is 1.47 bits per heavy atom. The zero-order valence-corrected chi connectivity index (χ0v) is 9.17. The van der Waals surface area contributed by atoms with E-state index in [9.17, 15) is 4.79 Å². The Balaban J connectivity index is 2.04. The van der Waals surface area contributed by atoms with Crippen molar-refractivity contribution in [3.63, 3.8) is 0 Å². The Kier molecular flexibility index (Phi) is 3.39. The molecule has 2 nitrogen and oxygen atoms in total. The van der Waals surface area contributed by atoms with E-state index >= 15 is 0 Å². The van der Waals surface area contributed by atoms with Crippen LogP contribution in [0.1, 0.15) is 29.6 Å². The number of ketones is 1. The van der Waals surface area contributed by atoms with E-state index in [0.717, 1.165) is 19.4 Å². The maximum Gasteiger partial charge on any atom is 0.166 e. The van der Waals surface area contributed by atoms with Gasteiger partial charge in [-0.25, -0.2) is 0 Å². The van der Waals surface area contributed by atoms with Crippen LogP contribution < -0.4 is 0 Å². The van der Waals surface area contributed by atoms with Gasteiger partial charge in [0.25, 0.3) is 0 Å². The fraction of sp³-hybridized carbons (Fsp3) is 0.417. The van der Waals surface area contributed by atoms with Gasteiger partial charge in [-0.2, -0.15) is 0 Å². The average Bonchev–Trinajstić information content (AvgIpc) is 2.71. The summed E-state index contributed by atoms with van der Waals surface area (Å²) in [4.78, 5) is 11.9. The number of ether oxygens (including phenoxy) is 1. The highest BCUT2D eigenvalue weighted by Crippen LogP contribution is 2.21. The minimum absolute atomic E-state index is 0.0764. The zero-order chi connectivity index (χ0) is 10.7. The van der Waals surface area contributed by atoms with E-state index in [2.05, 4.69) is 0 Å². The molecule has 80 valence electrons. The van der Waals surface area contributed by atoms with Crippen LogP contribution >= 0.6 is 11.6 Å². The third kappa shape index (κ3) is 2.58. The Labute approximate surface area is 94.2 Å². The first-order valence-electron chi connectivity index (χ1n) is 5.16. The number of hydrogen-bond acceptors (Lipinski definition) is 2. The molecule has 2 rings (SSSR count). The standard InChI is InChI=1S/C12H13ClO2/c13-11-6-2-1-5-10(11)12(14)8-9-4-3-7-15-9/h1-2,5-6,9H,3-4,7-8H2. The van der Waals surface area contributed by atoms with Crippen molar-refractivity contribution in [3.8, 4) is 0 Å². The molecule has 1 atom stereocenters. The number of carbonyl (C=O) groups is 1. The van der Waals surface area contributed by atoms with Crippen molar-refractivity contribution in [2.75, 3.05) is 6.61 Å². The summed E-state index contributed by atoms with van der Waals surface area (Å²) in [5.41, 5.74) is 0.606. The van der Waals surface area contributed by atoms with Crippen LogP contribution in [0.15, 0.2) is 24.3 Å². The third-order valence-electron chi connectivity index (χ3n) is 2.61. The summed E-state index contributed by atoms with van der Waals surface area (Å²) in [7, 11) is 0. The van der Waals surface area contributed by atoms with Gasteiger partial charge in [0, 0.05) is 18.6 Å². The highest BCUT2D eigenvalue weighted by atomic mass is 35.5. The Morgan fingerprint density at radius 3 is 2.93 bits per heavy atom. The van der Waals surface area contributed by atoms with Gasteiger partial charge in [-0.1, -0.05) is 23.7 Å². The first kappa shape index (κ1) is 10.7. The lowest BCUT2D eigenvalue weighted by atomic mass is 10.0. The smallest absolute Gasteiger partial charge is 0.166 e. The predicted octanol–water partition coefficient (Wildman–Crippen LogP) is 3.09. The van der Waals surface area contributed by atoms with Gasteiger partial charge in [-0.3, -0.25) is 4.79 Å². The molecule has 1 aromatic carbocycles. The fourth-order valence-corrected chi connectivity index (χ4v) is 2.05. The monoisotopic (exact) mass is 224 g/mol. The van der Waals surface area contributed by atoms with Gasteiger partial charge in [-0.05, 0) is 25.0 Å². The minimum atomic E-state index is 0.0764. The van der Waals surface area contributed by atoms with Gasteiger partial charge in [-0.15, -0.1) is 0 Å². The second kappa shape index (κ2) is 4.77. The molecule has 1 aliphatic rings. The summed E-state index contributed by atoms with van der Waals surface area (Å²) >= 11 is 5.94. The highest BCUT2D eigenvalue weighted by molar-refractivity contribution is 6.33. The number of hydrogen-bond donors (Lipinski definition) is 0. The Bertz CT molecular complexity index is 356. The number of carbonyl (C=O) groups excluding carboxylic acids is 1. The van der Waals surface area contributed by atoms with Crippen LogP contribution in [0, 0.1) is 0 Å². The molecule has 1 saturated heterocycles. The number of Topliss-reactive ketones (excluding diaryl/α,β-unsaturated/α-hetero) is 1. The van der Waals surface area contributed by atoms with Gasteiger partial charge in [0.2, 0.25) is 0 Å². The normalized spacial score (nSPS) is 20.5. The molecular formula is C12H13ClO2. The number of halogens is 1. The van der Waals surface area contributed by atoms with Crippen LogP contribution in [0.4, 0.5) is 0 Å². The van der Waals surface area contributed by atoms with E-state index in [4.69, 9.17) is 16.3 Å². The van der Waals surface area contributed by atoms with Crippen LogP contribution in [-0.4, -0.2) is 18.5 Å². The summed E-state index contributed by atoms with van der Waals surface area (Å²) in [6.07, 6.45) is 2.58. The lowest BCUT2D eigenvalue weighted by Crippen LogP contribution is -2.12. The van der Waals surface area contributed by atoms with Crippen LogP contribution in [0.5, 0.6) is 0 Å². The van der Waals surface area contributed by atoms with Gasteiger partial charge in [0.15, 0.2) is 5.78 Å². The molecule has 1 fully saturated rings. The van der Waals surface area contributed by atoms with Crippen LogP contribution in [0.25, 0.3) is 0 Å². The number of rotatable bonds is 3. The highest BCUT2D eigenvalue weighted by Gasteiger charge is 2.20. The molecule has 0 aliphatic carbocycles. The van der Waals surface area contributed by atoms with Crippen molar-refractivity contribution < 1.29 is 9.53 Å². The lowest BCUT2D eigenvalue weighted by Gasteiger charge is -2.08. The zero-order valence-electron chi connectivity index (χ0n) is 8.41. The van der Waals surface area contributed by atoms with Crippen molar-refractivity contribution in [2.24, 2.45) is 0 Å². The molecule has 1 aliphatic heterocycles. The van der Waals surface area contributed by atoms with E-state index in [1.165, 1.54) is 0 Å². The van der Waals surface area contributed by atoms with E-state index in [1.807, 2.05) is 12.1 Å². The van der Waals surface area contributed by atoms with E-state index < -0.39 is 0 Å². The molecule has 1 aromatic rings. The van der Waals surface area contributed by atoms with Crippen molar-refractivity contribution in [1.29, 1.82) is 0 Å². The van der Waals surface area contributed by atoms with Crippen LogP contribution in [-0.2, 0) is 4.74 Å². The molecule has 0 spiro atoms. The molecule has 1 unspecified atom stereocenters. The third-order valence-corrected chi connectivity index (χ3v) is 2.94.